The fourth-order valence-electron chi connectivity index (χ4n) is 2.22. The van der Waals surface area contributed by atoms with Gasteiger partial charge in [0.1, 0.15) is 11.4 Å². The molecule has 7 heteroatoms. The molecule has 2 rings (SSSR count). The molecule has 0 heterocycles. The van der Waals surface area contributed by atoms with Gasteiger partial charge in [-0.25, -0.2) is 0 Å². The topological polar surface area (TPSA) is 93.5 Å². The second-order valence-electron chi connectivity index (χ2n) is 5.04. The summed E-state index contributed by atoms with van der Waals surface area (Å²) in [7, 11) is 1.58. The van der Waals surface area contributed by atoms with Gasteiger partial charge in [-0.2, -0.15) is 0 Å². The van der Waals surface area contributed by atoms with Crippen molar-refractivity contribution in [2.24, 2.45) is 0 Å². The third-order valence-electron chi connectivity index (χ3n) is 3.44. The summed E-state index contributed by atoms with van der Waals surface area (Å²) in [5.41, 5.74) is 1.28. The predicted molar refractivity (Wildman–Crippen MR) is 91.0 cm³/mol. The Balaban J connectivity index is 1.81. The summed E-state index contributed by atoms with van der Waals surface area (Å²) >= 11 is 0. The van der Waals surface area contributed by atoms with E-state index in [2.05, 4.69) is 10.6 Å². The number of carbonyl (C=O) groups is 1. The summed E-state index contributed by atoms with van der Waals surface area (Å²) in [5, 5.41) is 16.6. The molecule has 0 aliphatic heterocycles. The van der Waals surface area contributed by atoms with Crippen LogP contribution in [0.3, 0.4) is 0 Å². The third kappa shape index (κ3) is 4.70. The molecule has 0 bridgehead atoms. The molecule has 0 radical (unpaired) electrons. The van der Waals surface area contributed by atoms with Crippen LogP contribution in [0, 0.1) is 10.1 Å². The Kier molecular flexibility index (Phi) is 6.13. The average molecular weight is 329 g/mol. The molecule has 126 valence electrons. The van der Waals surface area contributed by atoms with E-state index in [1.807, 2.05) is 24.3 Å². The standard InChI is InChI=1S/C17H19N3O4/c1-24-16-9-5-2-6-13(16)12-19-17(21)10-11-18-14-7-3-4-8-15(14)20(22)23/h2-9,18H,10-12H2,1H3,(H,19,21). The minimum atomic E-state index is -0.454. The van der Waals surface area contributed by atoms with Crippen LogP contribution in [0.2, 0.25) is 0 Å². The van der Waals surface area contributed by atoms with Crippen LogP contribution in [0.5, 0.6) is 5.75 Å². The lowest BCUT2D eigenvalue weighted by Crippen LogP contribution is -2.25. The van der Waals surface area contributed by atoms with E-state index in [1.165, 1.54) is 6.07 Å². The molecule has 0 aliphatic carbocycles. The molecule has 0 fully saturated rings. The number of nitro groups is 1. The SMILES string of the molecule is COc1ccccc1CNC(=O)CCNc1ccccc1[N+](=O)[O-]. The van der Waals surface area contributed by atoms with Crippen LogP contribution < -0.4 is 15.4 Å². The van der Waals surface area contributed by atoms with Gasteiger partial charge in [0, 0.05) is 31.1 Å². The number of nitrogens with zero attached hydrogens (tertiary/aromatic N) is 1. The van der Waals surface area contributed by atoms with Crippen molar-refractivity contribution in [3.05, 3.63) is 64.2 Å². The van der Waals surface area contributed by atoms with Crippen molar-refractivity contribution in [1.29, 1.82) is 0 Å². The highest BCUT2D eigenvalue weighted by molar-refractivity contribution is 5.76. The fraction of sp³-hybridized carbons (Fsp3) is 0.235. The number of carbonyl (C=O) groups excluding carboxylic acids is 1. The highest BCUT2D eigenvalue weighted by Crippen LogP contribution is 2.22. The smallest absolute Gasteiger partial charge is 0.292 e. The van der Waals surface area contributed by atoms with E-state index >= 15 is 0 Å². The second-order valence-corrected chi connectivity index (χ2v) is 5.04. The van der Waals surface area contributed by atoms with Gasteiger partial charge in [-0.05, 0) is 12.1 Å². The predicted octanol–water partition coefficient (Wildman–Crippen LogP) is 2.72. The van der Waals surface area contributed by atoms with Crippen molar-refractivity contribution in [2.75, 3.05) is 19.0 Å². The number of anilines is 1. The maximum Gasteiger partial charge on any atom is 0.292 e. The first-order chi connectivity index (χ1) is 11.6. The van der Waals surface area contributed by atoms with Gasteiger partial charge in [0.15, 0.2) is 0 Å². The molecular formula is C17H19N3O4. The Hall–Kier alpha value is -3.09. The Morgan fingerprint density at radius 3 is 2.62 bits per heavy atom. The molecule has 0 aliphatic rings. The molecule has 0 saturated carbocycles. The first-order valence-corrected chi connectivity index (χ1v) is 7.47. The summed E-state index contributed by atoms with van der Waals surface area (Å²) in [6.45, 7) is 0.678. The van der Waals surface area contributed by atoms with Crippen LogP contribution in [-0.2, 0) is 11.3 Å². The molecular weight excluding hydrogens is 310 g/mol. The van der Waals surface area contributed by atoms with Gasteiger partial charge in [0.05, 0.1) is 12.0 Å². The molecule has 7 nitrogen and oxygen atoms in total. The van der Waals surface area contributed by atoms with E-state index in [1.54, 1.807) is 25.3 Å². The van der Waals surface area contributed by atoms with E-state index in [9.17, 15) is 14.9 Å². The molecule has 2 aromatic rings. The molecule has 0 unspecified atom stereocenters. The maximum absolute atomic E-state index is 11.9. The Morgan fingerprint density at radius 2 is 1.88 bits per heavy atom. The van der Waals surface area contributed by atoms with E-state index in [0.717, 1.165) is 11.3 Å². The van der Waals surface area contributed by atoms with Crippen molar-refractivity contribution in [2.45, 2.75) is 13.0 Å². The number of benzene rings is 2. The van der Waals surface area contributed by atoms with Gasteiger partial charge < -0.3 is 15.4 Å². The first kappa shape index (κ1) is 17.3. The van der Waals surface area contributed by atoms with E-state index in [-0.39, 0.29) is 18.0 Å². The number of methoxy groups -OCH3 is 1. The second kappa shape index (κ2) is 8.52. The van der Waals surface area contributed by atoms with Crippen LogP contribution in [0.1, 0.15) is 12.0 Å². The number of amides is 1. The molecule has 0 aromatic heterocycles. The normalized spacial score (nSPS) is 10.0. The molecule has 1 amide bonds. The lowest BCUT2D eigenvalue weighted by Gasteiger charge is -2.10. The summed E-state index contributed by atoms with van der Waals surface area (Å²) < 4.78 is 5.22. The number of nitrogens with one attached hydrogen (secondary N) is 2. The Labute approximate surface area is 139 Å². The van der Waals surface area contributed by atoms with Crippen LogP contribution in [-0.4, -0.2) is 24.5 Å². The number of rotatable bonds is 8. The number of nitro benzene ring substituents is 1. The molecule has 2 N–H and O–H groups in total. The third-order valence-corrected chi connectivity index (χ3v) is 3.44. The van der Waals surface area contributed by atoms with Gasteiger partial charge in [-0.15, -0.1) is 0 Å². The van der Waals surface area contributed by atoms with E-state index in [4.69, 9.17) is 4.74 Å². The molecule has 0 saturated heterocycles. The van der Waals surface area contributed by atoms with Crippen molar-refractivity contribution >= 4 is 17.3 Å². The van der Waals surface area contributed by atoms with Gasteiger partial charge in [-0.3, -0.25) is 14.9 Å². The first-order valence-electron chi connectivity index (χ1n) is 7.47. The average Bonchev–Trinajstić information content (AvgIpc) is 2.60. The number of ether oxygens (including phenoxy) is 1. The van der Waals surface area contributed by atoms with Crippen molar-refractivity contribution in [1.82, 2.24) is 5.32 Å². The maximum atomic E-state index is 11.9. The number of para-hydroxylation sites is 3. The van der Waals surface area contributed by atoms with Gasteiger partial charge in [-0.1, -0.05) is 30.3 Å². The van der Waals surface area contributed by atoms with Crippen molar-refractivity contribution in [3.8, 4) is 5.75 Å². The minimum Gasteiger partial charge on any atom is -0.496 e. The van der Waals surface area contributed by atoms with Crippen LogP contribution in [0.25, 0.3) is 0 Å². The molecule has 2 aromatic carbocycles. The van der Waals surface area contributed by atoms with Gasteiger partial charge in [0.2, 0.25) is 5.91 Å². The molecule has 24 heavy (non-hydrogen) atoms. The highest BCUT2D eigenvalue weighted by atomic mass is 16.6. The highest BCUT2D eigenvalue weighted by Gasteiger charge is 2.12. The van der Waals surface area contributed by atoms with Crippen molar-refractivity contribution < 1.29 is 14.5 Å². The van der Waals surface area contributed by atoms with Gasteiger partial charge in [0.25, 0.3) is 5.69 Å². The fourth-order valence-corrected chi connectivity index (χ4v) is 2.22. The zero-order valence-corrected chi connectivity index (χ0v) is 13.3. The largest absolute Gasteiger partial charge is 0.496 e. The quantitative estimate of drug-likeness (QED) is 0.574. The molecule has 0 spiro atoms. The van der Waals surface area contributed by atoms with Crippen LogP contribution >= 0.6 is 0 Å². The lowest BCUT2D eigenvalue weighted by molar-refractivity contribution is -0.384. The zero-order valence-electron chi connectivity index (χ0n) is 13.3. The summed E-state index contributed by atoms with van der Waals surface area (Å²) in [6.07, 6.45) is 0.210. The minimum absolute atomic E-state index is 0.00747. The van der Waals surface area contributed by atoms with Crippen LogP contribution in [0.15, 0.2) is 48.5 Å². The number of hydrogen-bond donors (Lipinski definition) is 2. The monoisotopic (exact) mass is 329 g/mol. The van der Waals surface area contributed by atoms with Gasteiger partial charge >= 0.3 is 0 Å². The van der Waals surface area contributed by atoms with E-state index in [0.29, 0.717) is 18.8 Å². The van der Waals surface area contributed by atoms with Crippen LogP contribution in [0.4, 0.5) is 11.4 Å². The summed E-state index contributed by atoms with van der Waals surface area (Å²) in [6, 6.07) is 13.8. The van der Waals surface area contributed by atoms with E-state index < -0.39 is 4.92 Å². The Morgan fingerprint density at radius 1 is 1.17 bits per heavy atom. The Bertz CT molecular complexity index is 718. The summed E-state index contributed by atoms with van der Waals surface area (Å²) in [4.78, 5) is 22.4. The van der Waals surface area contributed by atoms with Crippen molar-refractivity contribution in [3.63, 3.8) is 0 Å². The lowest BCUT2D eigenvalue weighted by atomic mass is 10.2. The number of hydrogen-bond acceptors (Lipinski definition) is 5. The zero-order chi connectivity index (χ0) is 17.4. The summed E-state index contributed by atoms with van der Waals surface area (Å²) in [5.74, 6) is 0.572. The molecule has 0 atom stereocenters.